The number of morpholine rings is 1. The van der Waals surface area contributed by atoms with E-state index in [1.165, 1.54) is 11.8 Å². The Kier molecular flexibility index (Phi) is 8.53. The van der Waals surface area contributed by atoms with E-state index in [2.05, 4.69) is 39.4 Å². The first-order valence-electron chi connectivity index (χ1n) is 14.0. The smallest absolute Gasteiger partial charge is 0.269 e. The molecule has 0 spiro atoms. The van der Waals surface area contributed by atoms with Crippen LogP contribution in [0.1, 0.15) is 16.7 Å². The Morgan fingerprint density at radius 2 is 1.86 bits per heavy atom. The molecule has 1 amide bonds. The topological polar surface area (TPSA) is 84.2 Å². The molecule has 3 aliphatic heterocycles. The number of amides is 1. The fourth-order valence-electron chi connectivity index (χ4n) is 5.07. The molecule has 0 aromatic heterocycles. The number of ether oxygens (including phenoxy) is 1. The van der Waals surface area contributed by atoms with Crippen LogP contribution in [0.4, 0.5) is 17.1 Å². The van der Waals surface area contributed by atoms with Crippen molar-refractivity contribution in [2.75, 3.05) is 56.7 Å². The van der Waals surface area contributed by atoms with Gasteiger partial charge in [-0.3, -0.25) is 14.6 Å². The molecule has 2 fully saturated rings. The molecule has 6 rings (SSSR count). The minimum atomic E-state index is -0.0669. The number of aliphatic imine (C=N–C) groups is 1. The molecule has 3 aromatic rings. The van der Waals surface area contributed by atoms with E-state index >= 15 is 0 Å². The molecule has 0 unspecified atom stereocenters. The van der Waals surface area contributed by atoms with Crippen molar-refractivity contribution in [1.82, 2.24) is 9.80 Å². The van der Waals surface area contributed by atoms with Gasteiger partial charge in [-0.1, -0.05) is 48.2 Å². The second-order valence-corrected chi connectivity index (χ2v) is 12.4. The highest BCUT2D eigenvalue weighted by molar-refractivity contribution is 8.19. The van der Waals surface area contributed by atoms with E-state index in [9.17, 15) is 10.1 Å². The van der Waals surface area contributed by atoms with Crippen molar-refractivity contribution in [2.45, 2.75) is 18.4 Å². The molecule has 0 aliphatic carbocycles. The summed E-state index contributed by atoms with van der Waals surface area (Å²) in [5, 5.41) is 14.5. The maximum atomic E-state index is 14.0. The van der Waals surface area contributed by atoms with E-state index in [4.69, 9.17) is 9.73 Å². The van der Waals surface area contributed by atoms with Gasteiger partial charge in [-0.15, -0.1) is 0 Å². The fraction of sp³-hybridized carbons (Fsp3) is 0.281. The largest absolute Gasteiger partial charge is 0.384 e. The number of anilines is 2. The first-order chi connectivity index (χ1) is 20.5. The number of hydrogen-bond donors (Lipinski definition) is 1. The second kappa shape index (κ2) is 12.6. The van der Waals surface area contributed by atoms with Crippen LogP contribution < -0.4 is 10.2 Å². The van der Waals surface area contributed by atoms with Crippen LogP contribution in [0.5, 0.6) is 0 Å². The van der Waals surface area contributed by atoms with Crippen molar-refractivity contribution in [2.24, 2.45) is 4.99 Å². The molecule has 0 saturated carbocycles. The zero-order valence-corrected chi connectivity index (χ0v) is 25.3. The van der Waals surface area contributed by atoms with Gasteiger partial charge in [0.1, 0.15) is 4.91 Å². The first kappa shape index (κ1) is 28.4. The van der Waals surface area contributed by atoms with Crippen LogP contribution in [0.25, 0.3) is 0 Å². The molecule has 1 N–H and O–H groups in total. The number of nitriles is 1. The summed E-state index contributed by atoms with van der Waals surface area (Å²) in [7, 11) is 2.01. The lowest BCUT2D eigenvalue weighted by atomic mass is 10.1. The molecule has 0 atom stereocenters. The van der Waals surface area contributed by atoms with Crippen LogP contribution in [0, 0.1) is 18.3 Å². The van der Waals surface area contributed by atoms with Crippen molar-refractivity contribution in [3.05, 3.63) is 93.4 Å². The van der Waals surface area contributed by atoms with E-state index in [1.54, 1.807) is 28.8 Å². The van der Waals surface area contributed by atoms with Crippen LogP contribution in [0.3, 0.4) is 0 Å². The third-order valence-electron chi connectivity index (χ3n) is 7.49. The first-order valence-corrected chi connectivity index (χ1v) is 15.6. The Morgan fingerprint density at radius 1 is 1.05 bits per heavy atom. The van der Waals surface area contributed by atoms with Crippen LogP contribution >= 0.6 is 23.5 Å². The highest BCUT2D eigenvalue weighted by Crippen LogP contribution is 2.51. The summed E-state index contributed by atoms with van der Waals surface area (Å²) in [6.07, 6.45) is 0. The summed E-state index contributed by atoms with van der Waals surface area (Å²) in [6, 6.07) is 24.0. The van der Waals surface area contributed by atoms with Crippen molar-refractivity contribution in [1.29, 1.82) is 5.26 Å². The van der Waals surface area contributed by atoms with Crippen LogP contribution in [0.15, 0.2) is 86.6 Å². The number of thioether (sulfide) groups is 2. The standard InChI is InChI=1S/C32H32N6O2S2/c1-22-8-9-24(20-33)18-26(22)35-32-38(21-23-6-4-3-5-7-23)30(39)29(42-32)31-36(2)27-11-10-25(19-28(27)41-31)34-12-13-37-14-16-40-17-15-37/h3-11,18-19,34H,12-17,21H2,1-2H3. The van der Waals surface area contributed by atoms with Gasteiger partial charge >= 0.3 is 0 Å². The van der Waals surface area contributed by atoms with Gasteiger partial charge in [0, 0.05) is 43.8 Å². The van der Waals surface area contributed by atoms with Crippen molar-refractivity contribution < 1.29 is 9.53 Å². The van der Waals surface area contributed by atoms with E-state index in [0.717, 1.165) is 71.8 Å². The SMILES string of the molecule is Cc1ccc(C#N)cc1N=C1SC(=C2Sc3cc(NCCN4CCOCC4)ccc3N2C)C(=O)N1Cc1ccccc1. The second-order valence-electron chi connectivity index (χ2n) is 10.3. The predicted molar refractivity (Wildman–Crippen MR) is 171 cm³/mol. The lowest BCUT2D eigenvalue weighted by Gasteiger charge is -2.26. The van der Waals surface area contributed by atoms with Gasteiger partial charge in [0.2, 0.25) is 0 Å². The highest BCUT2D eigenvalue weighted by atomic mass is 32.2. The molecular formula is C32H32N6O2S2. The molecule has 8 nitrogen and oxygen atoms in total. The number of nitrogens with zero attached hydrogens (tertiary/aromatic N) is 5. The number of carbonyl (C=O) groups excluding carboxylic acids is 1. The Bertz CT molecular complexity index is 1590. The van der Waals surface area contributed by atoms with E-state index < -0.39 is 0 Å². The van der Waals surface area contributed by atoms with E-state index in [0.29, 0.717) is 27.9 Å². The lowest BCUT2D eigenvalue weighted by molar-refractivity contribution is -0.122. The highest BCUT2D eigenvalue weighted by Gasteiger charge is 2.39. The molecule has 10 heteroatoms. The molecule has 0 bridgehead atoms. The Hall–Kier alpha value is -3.75. The molecular weight excluding hydrogens is 565 g/mol. The number of fused-ring (bicyclic) bond motifs is 1. The molecule has 0 radical (unpaired) electrons. The third kappa shape index (κ3) is 6.05. The number of amidine groups is 1. The van der Waals surface area contributed by atoms with Gasteiger partial charge in [-0.05, 0) is 60.1 Å². The molecule has 3 aromatic carbocycles. The van der Waals surface area contributed by atoms with Gasteiger partial charge in [-0.25, -0.2) is 4.99 Å². The number of nitrogens with one attached hydrogen (secondary N) is 1. The number of carbonyl (C=O) groups is 1. The lowest BCUT2D eigenvalue weighted by Crippen LogP contribution is -2.39. The average Bonchev–Trinajstić information content (AvgIpc) is 3.50. The normalized spacial score (nSPS) is 19.8. The summed E-state index contributed by atoms with van der Waals surface area (Å²) in [6.45, 7) is 7.78. The van der Waals surface area contributed by atoms with E-state index in [-0.39, 0.29) is 5.91 Å². The van der Waals surface area contributed by atoms with Gasteiger partial charge in [0.15, 0.2) is 5.17 Å². The van der Waals surface area contributed by atoms with Crippen molar-refractivity contribution >= 4 is 51.7 Å². The monoisotopic (exact) mass is 596 g/mol. The maximum absolute atomic E-state index is 14.0. The van der Waals surface area contributed by atoms with Gasteiger partial charge < -0.3 is 15.0 Å². The number of rotatable bonds is 7. The molecule has 3 aliphatic rings. The Labute approximate surface area is 255 Å². The maximum Gasteiger partial charge on any atom is 0.269 e. The Morgan fingerprint density at radius 3 is 2.64 bits per heavy atom. The quantitative estimate of drug-likeness (QED) is 0.344. The minimum absolute atomic E-state index is 0.0669. The van der Waals surface area contributed by atoms with Crippen LogP contribution in [-0.2, 0) is 16.1 Å². The zero-order chi connectivity index (χ0) is 29.1. The van der Waals surface area contributed by atoms with Gasteiger partial charge in [-0.2, -0.15) is 5.26 Å². The number of benzene rings is 3. The summed E-state index contributed by atoms with van der Waals surface area (Å²) in [5.41, 5.74) is 5.35. The van der Waals surface area contributed by atoms with Crippen molar-refractivity contribution in [3.8, 4) is 6.07 Å². The fourth-order valence-corrected chi connectivity index (χ4v) is 7.45. The molecule has 3 heterocycles. The van der Waals surface area contributed by atoms with Gasteiger partial charge in [0.25, 0.3) is 5.91 Å². The Balaban J connectivity index is 1.27. The van der Waals surface area contributed by atoms with E-state index in [1.807, 2.05) is 50.4 Å². The number of aryl methyl sites for hydroxylation is 1. The summed E-state index contributed by atoms with van der Waals surface area (Å²) < 4.78 is 5.45. The molecule has 42 heavy (non-hydrogen) atoms. The van der Waals surface area contributed by atoms with Crippen molar-refractivity contribution in [3.63, 3.8) is 0 Å². The zero-order valence-electron chi connectivity index (χ0n) is 23.7. The van der Waals surface area contributed by atoms with Crippen LogP contribution in [-0.4, -0.2) is 67.3 Å². The summed E-state index contributed by atoms with van der Waals surface area (Å²) in [5.74, 6) is -0.0669. The minimum Gasteiger partial charge on any atom is -0.384 e. The van der Waals surface area contributed by atoms with Gasteiger partial charge in [0.05, 0.1) is 47.8 Å². The summed E-state index contributed by atoms with van der Waals surface area (Å²) in [4.78, 5) is 27.0. The molecule has 214 valence electrons. The number of hydrogen-bond acceptors (Lipinski definition) is 9. The van der Waals surface area contributed by atoms with Crippen LogP contribution in [0.2, 0.25) is 0 Å². The average molecular weight is 597 g/mol. The predicted octanol–water partition coefficient (Wildman–Crippen LogP) is 5.79. The molecule has 2 saturated heterocycles. The summed E-state index contributed by atoms with van der Waals surface area (Å²) >= 11 is 3.02. The third-order valence-corrected chi connectivity index (χ3v) is 9.90.